The number of piperidine rings is 6. The lowest BCUT2D eigenvalue weighted by atomic mass is 9.89. The Morgan fingerprint density at radius 3 is 0.818 bits per heavy atom. The van der Waals surface area contributed by atoms with Crippen molar-refractivity contribution in [1.82, 2.24) is 9.80 Å². The Morgan fingerprint density at radius 1 is 0.591 bits per heavy atom. The van der Waals surface area contributed by atoms with Gasteiger partial charge in [0.15, 0.2) is 0 Å². The smallest absolute Gasteiger partial charge is 0.290 e. The molecule has 6 nitrogen and oxygen atoms in total. The summed E-state index contributed by atoms with van der Waals surface area (Å²) in [4.78, 5) is 21.9. The minimum Gasteiger partial charge on any atom is -0.483 e. The van der Waals surface area contributed by atoms with Gasteiger partial charge in [-0.1, -0.05) is 0 Å². The van der Waals surface area contributed by atoms with E-state index in [0.717, 1.165) is 11.8 Å². The van der Waals surface area contributed by atoms with Crippen LogP contribution in [0.1, 0.15) is 38.5 Å². The van der Waals surface area contributed by atoms with Gasteiger partial charge in [0.2, 0.25) is 0 Å². The van der Waals surface area contributed by atoms with Gasteiger partial charge in [0.25, 0.3) is 12.9 Å². The van der Waals surface area contributed by atoms with E-state index in [-0.39, 0.29) is 12.9 Å². The fourth-order valence-corrected chi connectivity index (χ4v) is 3.73. The summed E-state index contributed by atoms with van der Waals surface area (Å²) in [7, 11) is 0. The largest absolute Gasteiger partial charge is 0.483 e. The monoisotopic (exact) mass is 314 g/mol. The molecule has 6 fully saturated rings. The number of carboxylic acid groups (broad SMARTS) is 2. The van der Waals surface area contributed by atoms with Crippen molar-refractivity contribution in [2.45, 2.75) is 38.5 Å². The van der Waals surface area contributed by atoms with Gasteiger partial charge in [-0.3, -0.25) is 9.59 Å². The number of nitrogens with zero attached hydrogens (tertiary/aromatic N) is 2. The maximum absolute atomic E-state index is 8.36. The Labute approximate surface area is 133 Å². The zero-order valence-electron chi connectivity index (χ0n) is 13.4. The van der Waals surface area contributed by atoms with E-state index >= 15 is 0 Å². The first-order valence-electron chi connectivity index (χ1n) is 8.33. The van der Waals surface area contributed by atoms with Crippen molar-refractivity contribution >= 4 is 12.9 Å². The van der Waals surface area contributed by atoms with Crippen molar-refractivity contribution < 1.29 is 19.8 Å². The summed E-state index contributed by atoms with van der Waals surface area (Å²) in [6.07, 6.45) is 8.92. The molecule has 0 aromatic heterocycles. The standard InChI is InChI=1S/2C7H13N.2CH2O2/c2*1-4-8-5-2-7(1)3-6-8;2*2-1-3/h2*7H,1-6H2;2*1H,(H,2,3). The Hall–Kier alpha value is -1.14. The summed E-state index contributed by atoms with van der Waals surface area (Å²) in [5.41, 5.74) is 0. The van der Waals surface area contributed by atoms with Gasteiger partial charge in [0, 0.05) is 0 Å². The zero-order chi connectivity index (χ0) is 16.2. The molecule has 6 rings (SSSR count). The van der Waals surface area contributed by atoms with E-state index in [4.69, 9.17) is 19.8 Å². The minimum absolute atomic E-state index is 0.250. The molecule has 0 aliphatic carbocycles. The zero-order valence-corrected chi connectivity index (χ0v) is 13.4. The van der Waals surface area contributed by atoms with Crippen molar-refractivity contribution in [3.05, 3.63) is 0 Å². The Kier molecular flexibility index (Phi) is 9.82. The highest BCUT2D eigenvalue weighted by Gasteiger charge is 2.25. The van der Waals surface area contributed by atoms with Crippen LogP contribution in [-0.4, -0.2) is 72.2 Å². The van der Waals surface area contributed by atoms with Crippen molar-refractivity contribution in [3.63, 3.8) is 0 Å². The lowest BCUT2D eigenvalue weighted by molar-refractivity contribution is -0.123. The van der Waals surface area contributed by atoms with Crippen LogP contribution in [0.3, 0.4) is 0 Å². The highest BCUT2D eigenvalue weighted by molar-refractivity contribution is 5.33. The van der Waals surface area contributed by atoms with E-state index in [1.807, 2.05) is 0 Å². The molecule has 4 bridgehead atoms. The third kappa shape index (κ3) is 7.22. The van der Waals surface area contributed by atoms with Gasteiger partial charge < -0.3 is 20.0 Å². The maximum atomic E-state index is 8.36. The summed E-state index contributed by atoms with van der Waals surface area (Å²) in [5.74, 6) is 2.22. The molecule has 0 atom stereocenters. The fourth-order valence-electron chi connectivity index (χ4n) is 3.73. The summed E-state index contributed by atoms with van der Waals surface area (Å²) >= 11 is 0. The maximum Gasteiger partial charge on any atom is 0.290 e. The molecular formula is C16H30N2O4. The lowest BCUT2D eigenvalue weighted by Crippen LogP contribution is -2.41. The number of rotatable bonds is 0. The Balaban J connectivity index is 0.000000165. The van der Waals surface area contributed by atoms with Crippen LogP contribution >= 0.6 is 0 Å². The topological polar surface area (TPSA) is 81.1 Å². The molecule has 0 radical (unpaired) electrons. The predicted octanol–water partition coefficient (Wildman–Crippen LogP) is 1.61. The second kappa shape index (κ2) is 11.4. The quantitative estimate of drug-likeness (QED) is 0.661. The average Bonchev–Trinajstić information content (AvgIpc) is 2.60. The molecule has 6 aliphatic rings. The van der Waals surface area contributed by atoms with E-state index < -0.39 is 0 Å². The number of fused-ring (bicyclic) bond motifs is 6. The van der Waals surface area contributed by atoms with Gasteiger partial charge in [0.05, 0.1) is 0 Å². The van der Waals surface area contributed by atoms with Gasteiger partial charge in [-0.15, -0.1) is 0 Å². The van der Waals surface area contributed by atoms with Crippen LogP contribution in [0.2, 0.25) is 0 Å². The molecule has 6 saturated heterocycles. The minimum atomic E-state index is -0.250. The Bertz CT molecular complexity index is 222. The highest BCUT2D eigenvalue weighted by atomic mass is 16.3. The van der Waals surface area contributed by atoms with Crippen LogP contribution in [0.4, 0.5) is 0 Å². The highest BCUT2D eigenvalue weighted by Crippen LogP contribution is 2.26. The first-order valence-corrected chi connectivity index (χ1v) is 8.33. The van der Waals surface area contributed by atoms with Gasteiger partial charge in [0.1, 0.15) is 0 Å². The Morgan fingerprint density at radius 2 is 0.773 bits per heavy atom. The van der Waals surface area contributed by atoms with Gasteiger partial charge in [-0.05, 0) is 89.6 Å². The van der Waals surface area contributed by atoms with Crippen molar-refractivity contribution in [2.24, 2.45) is 11.8 Å². The molecule has 0 aromatic carbocycles. The normalized spacial score (nSPS) is 33.8. The van der Waals surface area contributed by atoms with Crippen LogP contribution in [0.5, 0.6) is 0 Å². The number of carbonyl (C=O) groups is 2. The SMILES string of the molecule is C1CN2CCC1CC2.C1CN2CCC1CC2.O=CO.O=CO. The first-order chi connectivity index (χ1) is 10.7. The fraction of sp³-hybridized carbons (Fsp3) is 0.875. The summed E-state index contributed by atoms with van der Waals surface area (Å²) in [6.45, 7) is 7.86. The molecule has 0 amide bonds. The summed E-state index contributed by atoms with van der Waals surface area (Å²) in [6, 6.07) is 0. The molecule has 128 valence electrons. The molecule has 22 heavy (non-hydrogen) atoms. The van der Waals surface area contributed by atoms with Gasteiger partial charge in [-0.2, -0.15) is 0 Å². The van der Waals surface area contributed by atoms with Crippen molar-refractivity contribution in [3.8, 4) is 0 Å². The van der Waals surface area contributed by atoms with Gasteiger partial charge >= 0.3 is 0 Å². The third-order valence-electron chi connectivity index (χ3n) is 5.12. The van der Waals surface area contributed by atoms with E-state index in [1.165, 1.54) is 77.8 Å². The molecule has 0 aromatic rings. The van der Waals surface area contributed by atoms with E-state index in [0.29, 0.717) is 0 Å². The summed E-state index contributed by atoms with van der Waals surface area (Å²) in [5, 5.41) is 13.8. The number of hydrogen-bond donors (Lipinski definition) is 2. The van der Waals surface area contributed by atoms with Crippen molar-refractivity contribution in [2.75, 3.05) is 39.3 Å². The molecule has 6 heterocycles. The molecule has 0 saturated carbocycles. The van der Waals surface area contributed by atoms with E-state index in [1.54, 1.807) is 0 Å². The van der Waals surface area contributed by atoms with Crippen molar-refractivity contribution in [1.29, 1.82) is 0 Å². The van der Waals surface area contributed by atoms with Crippen LogP contribution < -0.4 is 0 Å². The second-order valence-electron chi connectivity index (χ2n) is 6.36. The summed E-state index contributed by atoms with van der Waals surface area (Å²) < 4.78 is 0. The first kappa shape index (κ1) is 18.9. The molecule has 0 spiro atoms. The third-order valence-corrected chi connectivity index (χ3v) is 5.12. The molecule has 2 N–H and O–H groups in total. The van der Waals surface area contributed by atoms with Crippen LogP contribution in [0, 0.1) is 11.8 Å². The predicted molar refractivity (Wildman–Crippen MR) is 84.9 cm³/mol. The van der Waals surface area contributed by atoms with Crippen LogP contribution in [0.25, 0.3) is 0 Å². The average molecular weight is 314 g/mol. The number of hydrogen-bond acceptors (Lipinski definition) is 4. The van der Waals surface area contributed by atoms with E-state index in [9.17, 15) is 0 Å². The molecule has 0 unspecified atom stereocenters. The lowest BCUT2D eigenvalue weighted by Gasteiger charge is -2.38. The molecule has 6 heteroatoms. The second-order valence-corrected chi connectivity index (χ2v) is 6.36. The van der Waals surface area contributed by atoms with E-state index in [2.05, 4.69) is 9.80 Å². The molecule has 6 aliphatic heterocycles. The van der Waals surface area contributed by atoms with Crippen LogP contribution in [0.15, 0.2) is 0 Å². The van der Waals surface area contributed by atoms with Gasteiger partial charge in [-0.25, -0.2) is 0 Å². The van der Waals surface area contributed by atoms with Crippen LogP contribution in [-0.2, 0) is 9.59 Å². The molecular weight excluding hydrogens is 284 g/mol.